The molecule has 0 bridgehead atoms. The molecule has 0 heterocycles. The molecule has 30 heavy (non-hydrogen) atoms. The zero-order chi connectivity index (χ0) is 22.0. The van der Waals surface area contributed by atoms with Gasteiger partial charge in [0, 0.05) is 26.2 Å². The second kappa shape index (κ2) is 26.7. The summed E-state index contributed by atoms with van der Waals surface area (Å²) in [5.74, 6) is 0. The molecular weight excluding hydrogens is 372 g/mol. The second-order valence-corrected chi connectivity index (χ2v) is 8.68. The lowest BCUT2D eigenvalue weighted by Crippen LogP contribution is -2.18. The predicted molar refractivity (Wildman–Crippen MR) is 131 cm³/mol. The van der Waals surface area contributed by atoms with Gasteiger partial charge in [-0.25, -0.2) is 0 Å². The van der Waals surface area contributed by atoms with Gasteiger partial charge >= 0.3 is 0 Å². The molecule has 0 aromatic heterocycles. The van der Waals surface area contributed by atoms with E-state index in [4.69, 9.17) is 14.6 Å². The molecule has 1 N–H and O–H groups in total. The van der Waals surface area contributed by atoms with Crippen molar-refractivity contribution in [3.63, 3.8) is 0 Å². The summed E-state index contributed by atoms with van der Waals surface area (Å²) >= 11 is 0. The highest BCUT2D eigenvalue weighted by Gasteiger charge is 2.08. The Kier molecular flexibility index (Phi) is 26.3. The van der Waals surface area contributed by atoms with Crippen molar-refractivity contribution < 1.29 is 14.6 Å². The maximum atomic E-state index is 8.87. The molecule has 0 aliphatic rings. The van der Waals surface area contributed by atoms with Crippen LogP contribution in [0.3, 0.4) is 0 Å². The highest BCUT2D eigenvalue weighted by atomic mass is 16.7. The van der Waals surface area contributed by atoms with Crippen LogP contribution in [0.1, 0.15) is 136 Å². The molecule has 0 rings (SSSR count). The third-order valence-electron chi connectivity index (χ3n) is 5.63. The van der Waals surface area contributed by atoms with Crippen LogP contribution in [-0.2, 0) is 9.47 Å². The summed E-state index contributed by atoms with van der Waals surface area (Å²) in [6.07, 6.45) is 27.9. The van der Waals surface area contributed by atoms with Gasteiger partial charge in [0.25, 0.3) is 0 Å². The van der Waals surface area contributed by atoms with Gasteiger partial charge in [-0.3, -0.25) is 0 Å². The van der Waals surface area contributed by atoms with Gasteiger partial charge in [-0.2, -0.15) is 0 Å². The van der Waals surface area contributed by atoms with Gasteiger partial charge in [0.15, 0.2) is 6.29 Å². The van der Waals surface area contributed by atoms with E-state index in [1.807, 2.05) is 6.08 Å². The van der Waals surface area contributed by atoms with E-state index in [0.29, 0.717) is 0 Å². The van der Waals surface area contributed by atoms with Gasteiger partial charge in [0.2, 0.25) is 0 Å². The smallest absolute Gasteiger partial charge is 0.157 e. The number of allylic oxidation sites excluding steroid dienone is 1. The number of rotatable bonds is 25. The molecule has 0 spiro atoms. The van der Waals surface area contributed by atoms with Crippen LogP contribution < -0.4 is 0 Å². The van der Waals surface area contributed by atoms with E-state index >= 15 is 0 Å². The van der Waals surface area contributed by atoms with Crippen molar-refractivity contribution in [3.8, 4) is 0 Å². The molecule has 0 fully saturated rings. The van der Waals surface area contributed by atoms with E-state index in [2.05, 4.69) is 19.9 Å². The standard InChI is InChI=1S/C27H54O3/c1-3-5-7-9-11-13-17-21-25-29-27(23-19-15-16-20-24-28)30-26-22-18-14-12-10-8-6-4-2/h15-16,27-28H,3-14,17-26H2,1-2H3/b16-15+. The van der Waals surface area contributed by atoms with Crippen LogP contribution in [0.2, 0.25) is 0 Å². The first kappa shape index (κ1) is 29.6. The van der Waals surface area contributed by atoms with Crippen molar-refractivity contribution in [3.05, 3.63) is 12.2 Å². The number of hydrogen-bond acceptors (Lipinski definition) is 3. The third kappa shape index (κ3) is 23.9. The number of aliphatic hydroxyl groups excluding tert-OH is 1. The Balaban J connectivity index is 3.80. The minimum atomic E-state index is -0.0714. The lowest BCUT2D eigenvalue weighted by atomic mass is 10.1. The highest BCUT2D eigenvalue weighted by Crippen LogP contribution is 2.12. The lowest BCUT2D eigenvalue weighted by molar-refractivity contribution is -0.146. The van der Waals surface area contributed by atoms with Crippen LogP contribution in [0.4, 0.5) is 0 Å². The van der Waals surface area contributed by atoms with Gasteiger partial charge in [-0.1, -0.05) is 116 Å². The summed E-state index contributed by atoms with van der Waals surface area (Å²) in [5.41, 5.74) is 0. The SMILES string of the molecule is CCCCCCCCCCOC(CC/C=C/CCO)OCCCCCCCCCC. The minimum Gasteiger partial charge on any atom is -0.396 e. The summed E-state index contributed by atoms with van der Waals surface area (Å²) in [5, 5.41) is 8.87. The molecule has 0 aromatic rings. The first-order chi connectivity index (χ1) is 14.8. The topological polar surface area (TPSA) is 38.7 Å². The van der Waals surface area contributed by atoms with E-state index < -0.39 is 0 Å². The Morgan fingerprint density at radius 3 is 1.40 bits per heavy atom. The average Bonchev–Trinajstić information content (AvgIpc) is 2.76. The largest absolute Gasteiger partial charge is 0.396 e. The summed E-state index contributed by atoms with van der Waals surface area (Å²) < 4.78 is 12.1. The number of unbranched alkanes of at least 4 members (excludes halogenated alkanes) is 14. The van der Waals surface area contributed by atoms with Crippen molar-refractivity contribution in [2.24, 2.45) is 0 Å². The summed E-state index contributed by atoms with van der Waals surface area (Å²) in [6, 6.07) is 0. The molecule has 0 aromatic carbocycles. The fraction of sp³-hybridized carbons (Fsp3) is 0.926. The summed E-state index contributed by atoms with van der Waals surface area (Å²) in [6.45, 7) is 6.40. The molecule has 0 unspecified atom stereocenters. The minimum absolute atomic E-state index is 0.0714. The van der Waals surface area contributed by atoms with Crippen molar-refractivity contribution in [1.82, 2.24) is 0 Å². The highest BCUT2D eigenvalue weighted by molar-refractivity contribution is 4.81. The van der Waals surface area contributed by atoms with E-state index in [1.165, 1.54) is 89.9 Å². The van der Waals surface area contributed by atoms with Crippen LogP contribution in [-0.4, -0.2) is 31.2 Å². The molecule has 0 saturated carbocycles. The lowest BCUT2D eigenvalue weighted by Gasteiger charge is -2.18. The van der Waals surface area contributed by atoms with E-state index in [0.717, 1.165) is 45.3 Å². The van der Waals surface area contributed by atoms with Crippen molar-refractivity contribution in [2.75, 3.05) is 19.8 Å². The van der Waals surface area contributed by atoms with E-state index in [9.17, 15) is 0 Å². The maximum absolute atomic E-state index is 8.87. The Labute approximate surface area is 189 Å². The Bertz CT molecular complexity index is 308. The number of hydrogen-bond donors (Lipinski definition) is 1. The normalized spacial score (nSPS) is 11.9. The second-order valence-electron chi connectivity index (χ2n) is 8.68. The Hall–Kier alpha value is -0.380. The molecule has 0 atom stereocenters. The molecule has 3 nitrogen and oxygen atoms in total. The summed E-state index contributed by atoms with van der Waals surface area (Å²) in [4.78, 5) is 0. The van der Waals surface area contributed by atoms with Gasteiger partial charge in [-0.05, 0) is 25.7 Å². The van der Waals surface area contributed by atoms with Gasteiger partial charge in [-0.15, -0.1) is 0 Å². The van der Waals surface area contributed by atoms with Crippen molar-refractivity contribution in [1.29, 1.82) is 0 Å². The third-order valence-corrected chi connectivity index (χ3v) is 5.63. The monoisotopic (exact) mass is 426 g/mol. The van der Waals surface area contributed by atoms with Gasteiger partial charge < -0.3 is 14.6 Å². The van der Waals surface area contributed by atoms with Crippen LogP contribution in [0.5, 0.6) is 0 Å². The van der Waals surface area contributed by atoms with E-state index in [1.54, 1.807) is 0 Å². The molecule has 0 amide bonds. The first-order valence-corrected chi connectivity index (χ1v) is 13.3. The van der Waals surface area contributed by atoms with E-state index in [-0.39, 0.29) is 12.9 Å². The fourth-order valence-electron chi connectivity index (χ4n) is 3.66. The molecule has 0 aliphatic carbocycles. The quantitative estimate of drug-likeness (QED) is 0.0905. The number of ether oxygens (including phenoxy) is 2. The zero-order valence-corrected chi connectivity index (χ0v) is 20.6. The van der Waals surface area contributed by atoms with Crippen LogP contribution in [0.25, 0.3) is 0 Å². The Morgan fingerprint density at radius 1 is 0.567 bits per heavy atom. The van der Waals surface area contributed by atoms with Crippen LogP contribution in [0.15, 0.2) is 12.2 Å². The number of aliphatic hydroxyl groups is 1. The molecule has 180 valence electrons. The van der Waals surface area contributed by atoms with Crippen molar-refractivity contribution >= 4 is 0 Å². The van der Waals surface area contributed by atoms with Gasteiger partial charge in [0.05, 0.1) is 0 Å². The average molecular weight is 427 g/mol. The maximum Gasteiger partial charge on any atom is 0.157 e. The molecule has 3 heteroatoms. The van der Waals surface area contributed by atoms with Crippen LogP contribution in [0, 0.1) is 0 Å². The zero-order valence-electron chi connectivity index (χ0n) is 20.6. The molecule has 0 saturated heterocycles. The Morgan fingerprint density at radius 2 is 0.967 bits per heavy atom. The molecule has 0 radical (unpaired) electrons. The van der Waals surface area contributed by atoms with Crippen molar-refractivity contribution in [2.45, 2.75) is 142 Å². The summed E-state index contributed by atoms with van der Waals surface area (Å²) in [7, 11) is 0. The molecular formula is C27H54O3. The van der Waals surface area contributed by atoms with Gasteiger partial charge in [0.1, 0.15) is 0 Å². The first-order valence-electron chi connectivity index (χ1n) is 13.3. The molecule has 0 aliphatic heterocycles. The van der Waals surface area contributed by atoms with Crippen LogP contribution >= 0.6 is 0 Å². The fourth-order valence-corrected chi connectivity index (χ4v) is 3.66. The predicted octanol–water partition coefficient (Wildman–Crippen LogP) is 8.35.